The molecule has 7 nitrogen and oxygen atoms in total. The zero-order valence-electron chi connectivity index (χ0n) is 16.1. The summed E-state index contributed by atoms with van der Waals surface area (Å²) in [4.78, 5) is 7.18. The number of nitrogens with zero attached hydrogens (tertiary/aromatic N) is 2. The first-order chi connectivity index (χ1) is 14.1. The molecule has 1 aromatic heterocycles. The molecule has 0 saturated heterocycles. The minimum Gasteiger partial charge on any atom is -0.383 e. The fourth-order valence-electron chi connectivity index (χ4n) is 2.77. The number of anilines is 2. The van der Waals surface area contributed by atoms with Gasteiger partial charge in [0.2, 0.25) is 15.8 Å². The van der Waals surface area contributed by atoms with Crippen LogP contribution in [0.1, 0.15) is 12.7 Å². The van der Waals surface area contributed by atoms with Gasteiger partial charge in [0.25, 0.3) is 0 Å². The second-order valence-corrected chi connectivity index (χ2v) is 8.25. The first-order valence-corrected chi connectivity index (χ1v) is 10.3. The van der Waals surface area contributed by atoms with E-state index in [0.717, 1.165) is 0 Å². The summed E-state index contributed by atoms with van der Waals surface area (Å²) in [5.74, 6) is -1.30. The molecular formula is C19H19F3N4O3S. The predicted octanol–water partition coefficient (Wildman–Crippen LogP) is 3.71. The molecule has 0 spiro atoms. The van der Waals surface area contributed by atoms with Crippen molar-refractivity contribution in [1.29, 1.82) is 0 Å². The SMILES string of the molecule is COCC(C)NS(=O)(=O)c1ccc(Nc2nc(C(F)(F)F)nc3ccccc23)cc1. The van der Waals surface area contributed by atoms with Crippen molar-refractivity contribution in [3.05, 3.63) is 54.4 Å². The van der Waals surface area contributed by atoms with Gasteiger partial charge in [-0.25, -0.2) is 23.1 Å². The number of aromatic nitrogens is 2. The topological polar surface area (TPSA) is 93.2 Å². The standard InChI is InChI=1S/C19H19F3N4O3S/c1-12(11-29-2)26-30(27,28)14-9-7-13(8-10-14)23-17-15-5-3-4-6-16(15)24-18(25-17)19(20,21)22/h3-10,12,26H,11H2,1-2H3,(H,23,24,25). The number of hydrogen-bond acceptors (Lipinski definition) is 6. The Bertz CT molecular complexity index is 1140. The van der Waals surface area contributed by atoms with Crippen LogP contribution >= 0.6 is 0 Å². The average Bonchev–Trinajstić information content (AvgIpc) is 2.67. The van der Waals surface area contributed by atoms with Crippen LogP contribution in [-0.4, -0.2) is 38.1 Å². The fraction of sp³-hybridized carbons (Fsp3) is 0.263. The summed E-state index contributed by atoms with van der Waals surface area (Å²) in [6.45, 7) is 1.87. The van der Waals surface area contributed by atoms with E-state index in [1.807, 2.05) is 0 Å². The number of halogens is 3. The van der Waals surface area contributed by atoms with Crippen molar-refractivity contribution in [2.75, 3.05) is 19.0 Å². The lowest BCUT2D eigenvalue weighted by Crippen LogP contribution is -2.35. The molecule has 1 heterocycles. The van der Waals surface area contributed by atoms with Crippen molar-refractivity contribution in [3.8, 4) is 0 Å². The van der Waals surface area contributed by atoms with Gasteiger partial charge in [0.05, 0.1) is 17.0 Å². The Balaban J connectivity index is 1.90. The third-order valence-electron chi connectivity index (χ3n) is 4.06. The average molecular weight is 440 g/mol. The number of para-hydroxylation sites is 1. The summed E-state index contributed by atoms with van der Waals surface area (Å²) in [5.41, 5.74) is 0.508. The molecule has 1 atom stereocenters. The molecule has 11 heteroatoms. The first-order valence-electron chi connectivity index (χ1n) is 8.82. The van der Waals surface area contributed by atoms with E-state index in [1.165, 1.54) is 37.4 Å². The molecule has 0 bridgehead atoms. The molecule has 0 radical (unpaired) electrons. The molecular weight excluding hydrogens is 421 g/mol. The summed E-state index contributed by atoms with van der Waals surface area (Å²) >= 11 is 0. The maximum absolute atomic E-state index is 13.1. The summed E-state index contributed by atoms with van der Waals surface area (Å²) in [6, 6.07) is 11.4. The number of alkyl halides is 3. The Morgan fingerprint density at radius 1 is 1.07 bits per heavy atom. The third kappa shape index (κ3) is 5.04. The largest absolute Gasteiger partial charge is 0.451 e. The fourth-order valence-corrected chi connectivity index (χ4v) is 4.00. The van der Waals surface area contributed by atoms with Crippen LogP contribution in [-0.2, 0) is 20.9 Å². The number of rotatable bonds is 7. The highest BCUT2D eigenvalue weighted by Crippen LogP contribution is 2.31. The Labute approximate surface area is 171 Å². The molecule has 0 fully saturated rings. The molecule has 2 N–H and O–H groups in total. The molecule has 0 saturated carbocycles. The van der Waals surface area contributed by atoms with Crippen LogP contribution in [0.5, 0.6) is 0 Å². The second-order valence-electron chi connectivity index (χ2n) is 6.54. The van der Waals surface area contributed by atoms with Crippen molar-refractivity contribution in [2.24, 2.45) is 0 Å². The smallest absolute Gasteiger partial charge is 0.383 e. The number of benzene rings is 2. The lowest BCUT2D eigenvalue weighted by atomic mass is 10.2. The molecule has 30 heavy (non-hydrogen) atoms. The number of nitrogens with one attached hydrogen (secondary N) is 2. The minimum atomic E-state index is -4.71. The highest BCUT2D eigenvalue weighted by molar-refractivity contribution is 7.89. The molecule has 1 unspecified atom stereocenters. The Kier molecular flexibility index (Phi) is 6.25. The molecule has 2 aromatic carbocycles. The van der Waals surface area contributed by atoms with E-state index in [0.29, 0.717) is 11.1 Å². The van der Waals surface area contributed by atoms with E-state index in [9.17, 15) is 21.6 Å². The second kappa shape index (κ2) is 8.54. The van der Waals surface area contributed by atoms with E-state index in [2.05, 4.69) is 20.0 Å². The van der Waals surface area contributed by atoms with Crippen LogP contribution in [0, 0.1) is 0 Å². The predicted molar refractivity (Wildman–Crippen MR) is 106 cm³/mol. The molecule has 0 aliphatic carbocycles. The normalized spacial score (nSPS) is 13.4. The molecule has 3 aromatic rings. The number of sulfonamides is 1. The van der Waals surface area contributed by atoms with Crippen LogP contribution < -0.4 is 10.0 Å². The van der Waals surface area contributed by atoms with Crippen molar-refractivity contribution in [2.45, 2.75) is 24.0 Å². The lowest BCUT2D eigenvalue weighted by molar-refractivity contribution is -0.144. The first kappa shape index (κ1) is 21.9. The summed E-state index contributed by atoms with van der Waals surface area (Å²) in [6.07, 6.45) is -4.71. The zero-order valence-corrected chi connectivity index (χ0v) is 16.9. The Hall–Kier alpha value is -2.76. The number of methoxy groups -OCH3 is 1. The molecule has 0 aliphatic heterocycles. The molecule has 3 rings (SSSR count). The highest BCUT2D eigenvalue weighted by Gasteiger charge is 2.35. The monoisotopic (exact) mass is 440 g/mol. The number of ether oxygens (including phenoxy) is 1. The van der Waals surface area contributed by atoms with Crippen molar-refractivity contribution < 1.29 is 26.3 Å². The quantitative estimate of drug-likeness (QED) is 0.582. The lowest BCUT2D eigenvalue weighted by Gasteiger charge is -2.14. The van der Waals surface area contributed by atoms with E-state index in [1.54, 1.807) is 25.1 Å². The Morgan fingerprint density at radius 3 is 2.37 bits per heavy atom. The van der Waals surface area contributed by atoms with Crippen molar-refractivity contribution in [3.63, 3.8) is 0 Å². The van der Waals surface area contributed by atoms with Crippen molar-refractivity contribution >= 4 is 32.4 Å². The van der Waals surface area contributed by atoms with Gasteiger partial charge in [0, 0.05) is 24.2 Å². The van der Waals surface area contributed by atoms with Gasteiger partial charge in [-0.2, -0.15) is 13.2 Å². The summed E-state index contributed by atoms with van der Waals surface area (Å²) in [5, 5.41) is 3.21. The van der Waals surface area contributed by atoms with Crippen LogP contribution in [0.4, 0.5) is 24.7 Å². The Morgan fingerprint density at radius 2 is 1.73 bits per heavy atom. The van der Waals surface area contributed by atoms with Gasteiger partial charge >= 0.3 is 6.18 Å². The van der Waals surface area contributed by atoms with Crippen LogP contribution in [0.3, 0.4) is 0 Å². The van der Waals surface area contributed by atoms with Gasteiger partial charge in [-0.15, -0.1) is 0 Å². The van der Waals surface area contributed by atoms with Crippen LogP contribution in [0.25, 0.3) is 10.9 Å². The summed E-state index contributed by atoms with van der Waals surface area (Å²) < 4.78 is 71.6. The van der Waals surface area contributed by atoms with Gasteiger partial charge in [-0.1, -0.05) is 12.1 Å². The van der Waals surface area contributed by atoms with E-state index < -0.39 is 28.1 Å². The third-order valence-corrected chi connectivity index (χ3v) is 5.66. The van der Waals surface area contributed by atoms with E-state index >= 15 is 0 Å². The van der Waals surface area contributed by atoms with Gasteiger partial charge in [0.15, 0.2) is 0 Å². The maximum atomic E-state index is 13.1. The number of hydrogen-bond donors (Lipinski definition) is 2. The van der Waals surface area contributed by atoms with Gasteiger partial charge in [0.1, 0.15) is 5.82 Å². The maximum Gasteiger partial charge on any atom is 0.451 e. The van der Waals surface area contributed by atoms with Gasteiger partial charge < -0.3 is 10.1 Å². The highest BCUT2D eigenvalue weighted by atomic mass is 32.2. The molecule has 0 aliphatic rings. The van der Waals surface area contributed by atoms with Crippen LogP contribution in [0.2, 0.25) is 0 Å². The number of fused-ring (bicyclic) bond motifs is 1. The van der Waals surface area contributed by atoms with Gasteiger partial charge in [-0.05, 0) is 43.3 Å². The van der Waals surface area contributed by atoms with E-state index in [4.69, 9.17) is 4.74 Å². The zero-order chi connectivity index (χ0) is 21.9. The minimum absolute atomic E-state index is 0.0135. The molecule has 0 amide bonds. The van der Waals surface area contributed by atoms with E-state index in [-0.39, 0.29) is 22.8 Å². The van der Waals surface area contributed by atoms with Crippen LogP contribution in [0.15, 0.2) is 53.4 Å². The van der Waals surface area contributed by atoms with Gasteiger partial charge in [-0.3, -0.25) is 0 Å². The molecule has 160 valence electrons. The van der Waals surface area contributed by atoms with Crippen molar-refractivity contribution in [1.82, 2.24) is 14.7 Å². The summed E-state index contributed by atoms with van der Waals surface area (Å²) in [7, 11) is -2.30.